The van der Waals surface area contributed by atoms with Gasteiger partial charge in [-0.05, 0) is 48.0 Å². The number of amides is 3. The number of nitrogens with zero attached hydrogens (tertiary/aromatic N) is 4. The Balaban J connectivity index is 1.34. The first kappa shape index (κ1) is 24.1. The molecule has 5 rings (SSSR count). The standard InChI is InChI=1S/C26H20ClFN6O3/c27-18-5-8-23(30-13-18)32-26(37)34-22(11-17-4-1-9-29-24(17)34)25(36)31-21-7-6-19(12-20(21)28)33-10-2-3-16(14-33)15-35/h1-10,12-13,15,22H,11,14H2,(H,31,36)(H,30,32,37). The number of benzene rings is 1. The monoisotopic (exact) mass is 518 g/mol. The highest BCUT2D eigenvalue weighted by Gasteiger charge is 2.40. The normalized spacial score (nSPS) is 16.2. The third-order valence-corrected chi connectivity index (χ3v) is 6.15. The van der Waals surface area contributed by atoms with E-state index < -0.39 is 23.8 Å². The first-order valence-corrected chi connectivity index (χ1v) is 11.7. The molecule has 1 atom stereocenters. The average molecular weight is 519 g/mol. The summed E-state index contributed by atoms with van der Waals surface area (Å²) in [5, 5.41) is 5.65. The van der Waals surface area contributed by atoms with Gasteiger partial charge in [0.1, 0.15) is 29.8 Å². The predicted molar refractivity (Wildman–Crippen MR) is 138 cm³/mol. The van der Waals surface area contributed by atoms with Crippen LogP contribution in [0.25, 0.3) is 0 Å². The van der Waals surface area contributed by atoms with Crippen LogP contribution in [0.3, 0.4) is 0 Å². The second kappa shape index (κ2) is 10.2. The second-order valence-corrected chi connectivity index (χ2v) is 8.79. The summed E-state index contributed by atoms with van der Waals surface area (Å²) in [5.41, 5.74) is 1.74. The Morgan fingerprint density at radius 2 is 2.00 bits per heavy atom. The molecule has 3 amide bonds. The summed E-state index contributed by atoms with van der Waals surface area (Å²) in [7, 11) is 0. The summed E-state index contributed by atoms with van der Waals surface area (Å²) in [6.07, 6.45) is 8.99. The predicted octanol–water partition coefficient (Wildman–Crippen LogP) is 4.33. The van der Waals surface area contributed by atoms with Gasteiger partial charge in [-0.3, -0.25) is 19.8 Å². The van der Waals surface area contributed by atoms with Gasteiger partial charge in [0.25, 0.3) is 0 Å². The zero-order valence-corrected chi connectivity index (χ0v) is 20.0. The lowest BCUT2D eigenvalue weighted by atomic mass is 10.1. The Labute approximate surface area is 216 Å². The van der Waals surface area contributed by atoms with Crippen LogP contribution in [-0.2, 0) is 16.0 Å². The fourth-order valence-electron chi connectivity index (χ4n) is 4.15. The van der Waals surface area contributed by atoms with E-state index in [9.17, 15) is 18.8 Å². The van der Waals surface area contributed by atoms with E-state index in [1.807, 2.05) is 0 Å². The molecule has 0 fully saturated rings. The summed E-state index contributed by atoms with van der Waals surface area (Å²) in [6, 6.07) is 9.38. The lowest BCUT2D eigenvalue weighted by molar-refractivity contribution is -0.117. The molecule has 0 saturated heterocycles. The molecule has 0 spiro atoms. The number of hydrogen-bond donors (Lipinski definition) is 2. The zero-order chi connectivity index (χ0) is 25.9. The largest absolute Gasteiger partial charge is 0.343 e. The van der Waals surface area contributed by atoms with Crippen molar-refractivity contribution >= 4 is 52.8 Å². The highest BCUT2D eigenvalue weighted by Crippen LogP contribution is 2.32. The second-order valence-electron chi connectivity index (χ2n) is 8.35. The van der Waals surface area contributed by atoms with Gasteiger partial charge >= 0.3 is 6.03 Å². The fourth-order valence-corrected chi connectivity index (χ4v) is 4.26. The van der Waals surface area contributed by atoms with Crippen molar-refractivity contribution in [3.63, 3.8) is 0 Å². The number of fused-ring (bicyclic) bond motifs is 1. The Hall–Kier alpha value is -4.57. The maximum absolute atomic E-state index is 15.0. The molecule has 1 unspecified atom stereocenters. The van der Waals surface area contributed by atoms with E-state index >= 15 is 0 Å². The number of aldehydes is 1. The van der Waals surface area contributed by atoms with E-state index in [4.69, 9.17) is 11.6 Å². The van der Waals surface area contributed by atoms with Gasteiger partial charge < -0.3 is 10.2 Å². The third-order valence-electron chi connectivity index (χ3n) is 5.93. The number of aromatic nitrogens is 2. The number of pyridine rings is 2. The summed E-state index contributed by atoms with van der Waals surface area (Å²) in [4.78, 5) is 48.8. The molecule has 2 aliphatic heterocycles. The SMILES string of the molecule is O=CC1=CC=CN(c2ccc(NC(=O)C3Cc4cccnc4N3C(=O)Nc3ccc(Cl)cn3)c(F)c2)C1. The van der Waals surface area contributed by atoms with Gasteiger partial charge in [0.15, 0.2) is 0 Å². The molecule has 0 aliphatic carbocycles. The van der Waals surface area contributed by atoms with E-state index in [-0.39, 0.29) is 17.9 Å². The lowest BCUT2D eigenvalue weighted by Gasteiger charge is -2.25. The molecule has 3 aromatic rings. The van der Waals surface area contributed by atoms with Crippen LogP contribution in [-0.4, -0.2) is 40.8 Å². The van der Waals surface area contributed by atoms with Crippen LogP contribution in [0.4, 0.5) is 32.2 Å². The minimum absolute atomic E-state index is 0.0375. The number of halogens is 2. The first-order chi connectivity index (χ1) is 17.9. The summed E-state index contributed by atoms with van der Waals surface area (Å²) in [5.74, 6) is -0.649. The van der Waals surface area contributed by atoms with Crippen molar-refractivity contribution in [2.45, 2.75) is 12.5 Å². The topological polar surface area (TPSA) is 108 Å². The van der Waals surface area contributed by atoms with Gasteiger partial charge in [-0.25, -0.2) is 19.2 Å². The van der Waals surface area contributed by atoms with Crippen molar-refractivity contribution in [3.05, 3.63) is 95.2 Å². The van der Waals surface area contributed by atoms with E-state index in [2.05, 4.69) is 20.6 Å². The Bertz CT molecular complexity index is 1440. The molecule has 186 valence electrons. The van der Waals surface area contributed by atoms with Crippen molar-refractivity contribution in [3.8, 4) is 0 Å². The fraction of sp³-hybridized carbons (Fsp3) is 0.115. The molecule has 0 radical (unpaired) electrons. The molecule has 37 heavy (non-hydrogen) atoms. The molecule has 1 aromatic carbocycles. The van der Waals surface area contributed by atoms with Crippen LogP contribution in [0, 0.1) is 5.82 Å². The molecule has 11 heteroatoms. The Morgan fingerprint density at radius 3 is 2.76 bits per heavy atom. The van der Waals surface area contributed by atoms with Crippen LogP contribution >= 0.6 is 11.6 Å². The van der Waals surface area contributed by atoms with Gasteiger partial charge in [0.05, 0.1) is 17.3 Å². The number of urea groups is 1. The van der Waals surface area contributed by atoms with E-state index in [0.717, 1.165) is 6.29 Å². The van der Waals surface area contributed by atoms with Crippen molar-refractivity contribution < 1.29 is 18.8 Å². The lowest BCUT2D eigenvalue weighted by Crippen LogP contribution is -2.47. The number of carbonyl (C=O) groups excluding carboxylic acids is 3. The maximum Gasteiger partial charge on any atom is 0.329 e. The summed E-state index contributed by atoms with van der Waals surface area (Å²) >= 11 is 5.86. The van der Waals surface area contributed by atoms with Crippen molar-refractivity contribution in [2.24, 2.45) is 0 Å². The molecule has 2 aliphatic rings. The van der Waals surface area contributed by atoms with Crippen LogP contribution in [0.2, 0.25) is 5.02 Å². The number of hydrogen-bond acceptors (Lipinski definition) is 6. The van der Waals surface area contributed by atoms with Crippen LogP contribution in [0.5, 0.6) is 0 Å². The van der Waals surface area contributed by atoms with Crippen molar-refractivity contribution in [1.82, 2.24) is 9.97 Å². The van der Waals surface area contributed by atoms with Crippen LogP contribution in [0.1, 0.15) is 5.56 Å². The van der Waals surface area contributed by atoms with Gasteiger partial charge in [-0.1, -0.05) is 23.7 Å². The number of carbonyl (C=O) groups is 3. The smallest absolute Gasteiger partial charge is 0.329 e. The number of allylic oxidation sites excluding steroid dienone is 2. The summed E-state index contributed by atoms with van der Waals surface area (Å²) in [6.45, 7) is 0.311. The van der Waals surface area contributed by atoms with Gasteiger partial charge in [0, 0.05) is 36.3 Å². The van der Waals surface area contributed by atoms with Crippen LogP contribution in [0.15, 0.2) is 78.8 Å². The van der Waals surface area contributed by atoms with E-state index in [1.165, 1.54) is 35.5 Å². The maximum atomic E-state index is 15.0. The van der Waals surface area contributed by atoms with Gasteiger partial charge in [-0.2, -0.15) is 0 Å². The quantitative estimate of drug-likeness (QED) is 0.487. The van der Waals surface area contributed by atoms with Gasteiger partial charge in [-0.15, -0.1) is 0 Å². The molecule has 0 saturated carbocycles. The molecule has 4 heterocycles. The van der Waals surface area contributed by atoms with Crippen LogP contribution < -0.4 is 20.4 Å². The highest BCUT2D eigenvalue weighted by atomic mass is 35.5. The average Bonchev–Trinajstić information content (AvgIpc) is 3.31. The Kier molecular flexibility index (Phi) is 6.65. The number of anilines is 4. The van der Waals surface area contributed by atoms with Gasteiger partial charge in [0.2, 0.25) is 5.91 Å². The number of rotatable bonds is 5. The van der Waals surface area contributed by atoms with E-state index in [0.29, 0.717) is 34.2 Å². The Morgan fingerprint density at radius 1 is 1.14 bits per heavy atom. The minimum Gasteiger partial charge on any atom is -0.343 e. The van der Waals surface area contributed by atoms with Crippen molar-refractivity contribution in [1.29, 1.82) is 0 Å². The summed E-state index contributed by atoms with van der Waals surface area (Å²) < 4.78 is 15.0. The third kappa shape index (κ3) is 5.05. The molecule has 9 nitrogen and oxygen atoms in total. The molecule has 0 bridgehead atoms. The highest BCUT2D eigenvalue weighted by molar-refractivity contribution is 6.30. The molecular formula is C26H20ClFN6O3. The molecular weight excluding hydrogens is 499 g/mol. The molecule has 2 aromatic heterocycles. The number of nitrogens with one attached hydrogen (secondary N) is 2. The zero-order valence-electron chi connectivity index (χ0n) is 19.3. The first-order valence-electron chi connectivity index (χ1n) is 11.3. The van der Waals surface area contributed by atoms with E-state index in [1.54, 1.807) is 47.5 Å². The molecule has 2 N–H and O–H groups in total. The van der Waals surface area contributed by atoms with Crippen molar-refractivity contribution in [2.75, 3.05) is 27.0 Å². The minimum atomic E-state index is -0.971.